The molecule has 0 spiro atoms. The number of aromatic nitrogens is 1. The molecule has 0 N–H and O–H groups in total. The van der Waals surface area contributed by atoms with E-state index in [1.54, 1.807) is 18.2 Å². The van der Waals surface area contributed by atoms with Gasteiger partial charge < -0.3 is 0 Å². The highest BCUT2D eigenvalue weighted by Crippen LogP contribution is 2.26. The van der Waals surface area contributed by atoms with Crippen molar-refractivity contribution in [2.24, 2.45) is 0 Å². The maximum Gasteiger partial charge on any atom is 0.159 e. The highest BCUT2D eigenvalue weighted by Gasteiger charge is 2.16. The maximum absolute atomic E-state index is 13.4. The van der Waals surface area contributed by atoms with Crippen LogP contribution in [0.1, 0.15) is 24.2 Å². The highest BCUT2D eigenvalue weighted by atomic mass is 32.1. The lowest BCUT2D eigenvalue weighted by molar-refractivity contribution is 0.250. The first-order chi connectivity index (χ1) is 11.9. The minimum Gasteiger partial charge on any atom is -0.294 e. The fourth-order valence-electron chi connectivity index (χ4n) is 2.52. The predicted octanol–water partition coefficient (Wildman–Crippen LogP) is 5.42. The Balaban J connectivity index is 1.71. The third-order valence-corrected chi connectivity index (χ3v) is 5.08. The Morgan fingerprint density at radius 2 is 1.76 bits per heavy atom. The van der Waals surface area contributed by atoms with Crippen molar-refractivity contribution in [3.63, 3.8) is 0 Å². The third-order valence-electron chi connectivity index (χ3n) is 4.14. The van der Waals surface area contributed by atoms with E-state index in [1.807, 2.05) is 24.3 Å². The van der Waals surface area contributed by atoms with Gasteiger partial charge in [-0.05, 0) is 55.9 Å². The van der Waals surface area contributed by atoms with E-state index in [2.05, 4.69) is 4.98 Å². The lowest BCUT2D eigenvalue weighted by Crippen LogP contribution is -2.22. The zero-order chi connectivity index (χ0) is 18.0. The van der Waals surface area contributed by atoms with Crippen LogP contribution in [0, 0.1) is 17.5 Å². The van der Waals surface area contributed by atoms with Gasteiger partial charge in [-0.3, -0.25) is 4.90 Å². The van der Waals surface area contributed by atoms with Gasteiger partial charge in [-0.2, -0.15) is 0 Å². The van der Waals surface area contributed by atoms with Crippen LogP contribution in [0.15, 0.2) is 47.8 Å². The summed E-state index contributed by atoms with van der Waals surface area (Å²) in [6.45, 7) is 2.50. The first kappa shape index (κ1) is 17.6. The molecule has 0 saturated heterocycles. The highest BCUT2D eigenvalue weighted by molar-refractivity contribution is 7.13. The second-order valence-electron chi connectivity index (χ2n) is 5.92. The number of benzene rings is 2. The monoisotopic (exact) mass is 362 g/mol. The molecule has 130 valence electrons. The summed E-state index contributed by atoms with van der Waals surface area (Å²) in [6, 6.07) is 10.1. The van der Waals surface area contributed by atoms with Crippen molar-refractivity contribution in [2.75, 3.05) is 7.05 Å². The quantitative estimate of drug-likeness (QED) is 0.602. The molecule has 0 aliphatic rings. The van der Waals surface area contributed by atoms with Crippen LogP contribution >= 0.6 is 11.3 Å². The number of hydrogen-bond acceptors (Lipinski definition) is 3. The minimum absolute atomic E-state index is 0.0916. The SMILES string of the molecule is CC(c1ccc(F)c(F)c1)N(C)Cc1csc(-c2ccc(F)cc2)n1. The first-order valence-corrected chi connectivity index (χ1v) is 8.67. The van der Waals surface area contributed by atoms with Gasteiger partial charge in [0.1, 0.15) is 10.8 Å². The molecule has 2 nitrogen and oxygen atoms in total. The normalized spacial score (nSPS) is 12.6. The first-order valence-electron chi connectivity index (χ1n) is 7.79. The summed E-state index contributed by atoms with van der Waals surface area (Å²) < 4.78 is 39.5. The van der Waals surface area contributed by atoms with Crippen molar-refractivity contribution in [1.82, 2.24) is 9.88 Å². The predicted molar refractivity (Wildman–Crippen MR) is 93.7 cm³/mol. The molecule has 1 unspecified atom stereocenters. The van der Waals surface area contributed by atoms with Crippen molar-refractivity contribution in [1.29, 1.82) is 0 Å². The van der Waals surface area contributed by atoms with E-state index in [4.69, 9.17) is 0 Å². The summed E-state index contributed by atoms with van der Waals surface area (Å²) in [4.78, 5) is 6.59. The van der Waals surface area contributed by atoms with Crippen LogP contribution in [0.4, 0.5) is 13.2 Å². The van der Waals surface area contributed by atoms with Gasteiger partial charge in [0, 0.05) is 23.5 Å². The smallest absolute Gasteiger partial charge is 0.159 e. The van der Waals surface area contributed by atoms with E-state index in [1.165, 1.54) is 29.5 Å². The largest absolute Gasteiger partial charge is 0.294 e. The number of rotatable bonds is 5. The van der Waals surface area contributed by atoms with E-state index in [0.717, 1.165) is 22.3 Å². The standard InChI is InChI=1S/C19H17F3N2S/c1-12(14-5-8-17(21)18(22)9-14)24(2)10-16-11-25-19(23-16)13-3-6-15(20)7-4-13/h3-9,11-12H,10H2,1-2H3. The van der Waals surface area contributed by atoms with Gasteiger partial charge in [-0.25, -0.2) is 18.2 Å². The molecule has 3 aromatic rings. The molecule has 0 radical (unpaired) electrons. The molecule has 6 heteroatoms. The third kappa shape index (κ3) is 4.08. The Hall–Kier alpha value is -2.18. The Bertz CT molecular complexity index is 861. The van der Waals surface area contributed by atoms with Crippen molar-refractivity contribution >= 4 is 11.3 Å². The Morgan fingerprint density at radius 1 is 1.04 bits per heavy atom. The molecule has 2 aromatic carbocycles. The van der Waals surface area contributed by atoms with Crippen LogP contribution in [0.5, 0.6) is 0 Å². The Morgan fingerprint density at radius 3 is 2.44 bits per heavy atom. The molecule has 0 aliphatic heterocycles. The molecule has 0 amide bonds. The summed E-state index contributed by atoms with van der Waals surface area (Å²) in [7, 11) is 1.91. The van der Waals surface area contributed by atoms with E-state index in [9.17, 15) is 13.2 Å². The fourth-order valence-corrected chi connectivity index (χ4v) is 3.34. The number of halogens is 3. The summed E-state index contributed by atoms with van der Waals surface area (Å²) in [5.41, 5.74) is 2.45. The summed E-state index contributed by atoms with van der Waals surface area (Å²) in [5, 5.41) is 2.77. The van der Waals surface area contributed by atoms with Crippen molar-refractivity contribution in [2.45, 2.75) is 19.5 Å². The Labute approximate surface area is 148 Å². The van der Waals surface area contributed by atoms with Gasteiger partial charge in [0.15, 0.2) is 11.6 Å². The van der Waals surface area contributed by atoms with Gasteiger partial charge in [0.25, 0.3) is 0 Å². The van der Waals surface area contributed by atoms with E-state index >= 15 is 0 Å². The molecular formula is C19H17F3N2S. The number of thiazole rings is 1. The van der Waals surface area contributed by atoms with Crippen LogP contribution in [0.3, 0.4) is 0 Å². The average molecular weight is 362 g/mol. The van der Waals surface area contributed by atoms with E-state index < -0.39 is 11.6 Å². The lowest BCUT2D eigenvalue weighted by atomic mass is 10.1. The van der Waals surface area contributed by atoms with Gasteiger partial charge in [0.2, 0.25) is 0 Å². The van der Waals surface area contributed by atoms with Gasteiger partial charge in [-0.1, -0.05) is 6.07 Å². The minimum atomic E-state index is -0.845. The molecular weight excluding hydrogens is 345 g/mol. The fraction of sp³-hybridized carbons (Fsp3) is 0.211. The summed E-state index contributed by atoms with van der Waals surface area (Å²) >= 11 is 1.49. The van der Waals surface area contributed by atoms with Crippen LogP contribution < -0.4 is 0 Å². The molecule has 0 bridgehead atoms. The maximum atomic E-state index is 13.4. The van der Waals surface area contributed by atoms with Crippen molar-refractivity contribution in [3.05, 3.63) is 76.6 Å². The lowest BCUT2D eigenvalue weighted by Gasteiger charge is -2.24. The molecule has 1 atom stereocenters. The van der Waals surface area contributed by atoms with Crippen molar-refractivity contribution < 1.29 is 13.2 Å². The van der Waals surface area contributed by atoms with Crippen molar-refractivity contribution in [3.8, 4) is 10.6 Å². The summed E-state index contributed by atoms with van der Waals surface area (Å²) in [5.74, 6) is -1.97. The number of hydrogen-bond donors (Lipinski definition) is 0. The average Bonchev–Trinajstić information content (AvgIpc) is 3.05. The molecule has 1 heterocycles. The molecule has 25 heavy (non-hydrogen) atoms. The molecule has 1 aromatic heterocycles. The Kier molecular flexibility index (Phi) is 5.20. The zero-order valence-corrected chi connectivity index (χ0v) is 14.7. The van der Waals surface area contributed by atoms with Crippen LogP contribution in [-0.4, -0.2) is 16.9 Å². The zero-order valence-electron chi connectivity index (χ0n) is 13.8. The number of nitrogens with zero attached hydrogens (tertiary/aromatic N) is 2. The van der Waals surface area contributed by atoms with Gasteiger partial charge in [0.05, 0.1) is 5.69 Å². The van der Waals surface area contributed by atoms with Gasteiger partial charge >= 0.3 is 0 Å². The summed E-state index contributed by atoms with van der Waals surface area (Å²) in [6.07, 6.45) is 0. The second kappa shape index (κ2) is 7.37. The van der Waals surface area contributed by atoms with E-state index in [0.29, 0.717) is 12.1 Å². The molecule has 0 aliphatic carbocycles. The van der Waals surface area contributed by atoms with E-state index in [-0.39, 0.29) is 11.9 Å². The van der Waals surface area contributed by atoms with Crippen LogP contribution in [0.25, 0.3) is 10.6 Å². The molecule has 0 saturated carbocycles. The molecule has 0 fully saturated rings. The van der Waals surface area contributed by atoms with Crippen LogP contribution in [-0.2, 0) is 6.54 Å². The second-order valence-corrected chi connectivity index (χ2v) is 6.77. The van der Waals surface area contributed by atoms with Gasteiger partial charge in [-0.15, -0.1) is 11.3 Å². The topological polar surface area (TPSA) is 16.1 Å². The molecule has 3 rings (SSSR count). The van der Waals surface area contributed by atoms with Crippen LogP contribution in [0.2, 0.25) is 0 Å².